The van der Waals surface area contributed by atoms with Crippen LogP contribution in [0.15, 0.2) is 36.4 Å². The average molecular weight is 487 g/mol. The van der Waals surface area contributed by atoms with Crippen LogP contribution in [0.1, 0.15) is 51.2 Å². The third-order valence-electron chi connectivity index (χ3n) is 6.52. The van der Waals surface area contributed by atoms with Gasteiger partial charge in [0.05, 0.1) is 11.1 Å². The van der Waals surface area contributed by atoms with Gasteiger partial charge in [-0.1, -0.05) is 0 Å². The summed E-state index contributed by atoms with van der Waals surface area (Å²) in [6, 6.07) is 11.2. The van der Waals surface area contributed by atoms with Gasteiger partial charge in [0.2, 0.25) is 0 Å². The number of nitrogens with zero attached hydrogens (tertiary/aromatic N) is 2. The molecule has 2 aliphatic rings. The summed E-state index contributed by atoms with van der Waals surface area (Å²) in [6.07, 6.45) is 0. The first kappa shape index (κ1) is 20.9. The summed E-state index contributed by atoms with van der Waals surface area (Å²) >= 11 is 3.03. The summed E-state index contributed by atoms with van der Waals surface area (Å²) in [5, 5.41) is 0.793. The molecule has 4 amide bonds. The number of carbonyl (C=O) groups excluding carboxylic acids is 4. The van der Waals surface area contributed by atoms with Crippen molar-refractivity contribution in [3.8, 4) is 20.9 Å². The van der Waals surface area contributed by atoms with Crippen LogP contribution in [-0.4, -0.2) is 47.5 Å². The van der Waals surface area contributed by atoms with Crippen molar-refractivity contribution in [2.75, 3.05) is 14.1 Å². The van der Waals surface area contributed by atoms with Crippen LogP contribution in [0, 0.1) is 13.8 Å². The third kappa shape index (κ3) is 2.60. The Morgan fingerprint density at radius 1 is 0.559 bits per heavy atom. The predicted octanol–water partition coefficient (Wildman–Crippen LogP) is 5.37. The van der Waals surface area contributed by atoms with E-state index in [-0.39, 0.29) is 0 Å². The first-order valence-electron chi connectivity index (χ1n) is 10.6. The molecule has 6 nitrogen and oxygen atoms in total. The summed E-state index contributed by atoms with van der Waals surface area (Å²) in [5.41, 5.74) is 2.59. The van der Waals surface area contributed by atoms with Crippen molar-refractivity contribution in [3.63, 3.8) is 0 Å². The van der Waals surface area contributed by atoms with E-state index in [0.29, 0.717) is 44.2 Å². The van der Waals surface area contributed by atoms with E-state index in [1.54, 1.807) is 12.1 Å². The molecular weight excluding hydrogens is 468 g/mol. The number of thiophene rings is 2. The Morgan fingerprint density at radius 2 is 0.941 bits per heavy atom. The van der Waals surface area contributed by atoms with E-state index in [4.69, 9.17) is 0 Å². The zero-order chi connectivity index (χ0) is 24.0. The van der Waals surface area contributed by atoms with Gasteiger partial charge >= 0.3 is 0 Å². The van der Waals surface area contributed by atoms with Gasteiger partial charge < -0.3 is 0 Å². The Labute approximate surface area is 203 Å². The molecule has 34 heavy (non-hydrogen) atoms. The summed E-state index contributed by atoms with van der Waals surface area (Å²) in [4.78, 5) is 59.6. The molecule has 0 saturated heterocycles. The number of hydrogen-bond donors (Lipinski definition) is 0. The van der Waals surface area contributed by atoms with Crippen LogP contribution in [0.25, 0.3) is 31.7 Å². The van der Waals surface area contributed by atoms with Gasteiger partial charge in [-0.2, -0.15) is 0 Å². The summed E-state index contributed by atoms with van der Waals surface area (Å²) in [6.45, 7) is 3.94. The molecule has 0 atom stereocenters. The summed E-state index contributed by atoms with van der Waals surface area (Å²) in [5.74, 6) is -1.75. The smallest absolute Gasteiger partial charge is 0.261 e. The second-order valence-electron chi connectivity index (χ2n) is 8.60. The van der Waals surface area contributed by atoms with Crippen molar-refractivity contribution >= 4 is 57.1 Å². The van der Waals surface area contributed by atoms with Crippen LogP contribution < -0.4 is 0 Å². The first-order chi connectivity index (χ1) is 16.2. The Balaban J connectivity index is 1.86. The third-order valence-corrected chi connectivity index (χ3v) is 8.59. The Hall–Kier alpha value is -3.62. The van der Waals surface area contributed by atoms with Crippen LogP contribution in [0.3, 0.4) is 0 Å². The SMILES string of the molecule is Cc1ccc(-c2cc3c4c(c(-c5ccc(C)s5)cc5c4c2C(=O)N(C)C5=O)C(=O)N(C)C3=O)s1. The van der Waals surface area contributed by atoms with Gasteiger partial charge in [-0.05, 0) is 50.2 Å². The molecule has 0 fully saturated rings. The lowest BCUT2D eigenvalue weighted by Crippen LogP contribution is -2.41. The molecule has 0 saturated carbocycles. The van der Waals surface area contributed by atoms with Crippen molar-refractivity contribution in [3.05, 3.63) is 68.4 Å². The van der Waals surface area contributed by atoms with E-state index in [1.165, 1.54) is 36.8 Å². The Morgan fingerprint density at radius 3 is 1.26 bits per heavy atom. The van der Waals surface area contributed by atoms with Crippen molar-refractivity contribution in [1.29, 1.82) is 0 Å². The minimum Gasteiger partial charge on any atom is -0.277 e. The molecule has 2 aliphatic heterocycles. The molecule has 2 aromatic carbocycles. The Kier molecular flexibility index (Phi) is 4.28. The molecule has 6 rings (SSSR count). The molecule has 168 valence electrons. The molecule has 4 aromatic rings. The highest BCUT2D eigenvalue weighted by atomic mass is 32.1. The Bertz CT molecular complexity index is 1520. The minimum atomic E-state index is -0.442. The van der Waals surface area contributed by atoms with Gasteiger partial charge in [-0.3, -0.25) is 29.0 Å². The fraction of sp³-hybridized carbons (Fsp3) is 0.154. The van der Waals surface area contributed by atoms with Crippen molar-refractivity contribution in [2.45, 2.75) is 13.8 Å². The summed E-state index contributed by atoms with van der Waals surface area (Å²) in [7, 11) is 2.94. The molecular formula is C26H18N2O4S2. The number of imide groups is 2. The van der Waals surface area contributed by atoms with Crippen molar-refractivity contribution in [1.82, 2.24) is 9.80 Å². The lowest BCUT2D eigenvalue weighted by molar-refractivity contribution is 0.0630. The van der Waals surface area contributed by atoms with Gasteiger partial charge in [0.15, 0.2) is 0 Å². The molecule has 0 unspecified atom stereocenters. The maximum atomic E-state index is 13.5. The van der Waals surface area contributed by atoms with Crippen LogP contribution in [0.2, 0.25) is 0 Å². The second kappa shape index (κ2) is 6.94. The minimum absolute atomic E-state index is 0.332. The molecule has 2 aromatic heterocycles. The molecule has 0 radical (unpaired) electrons. The number of aryl methyl sites for hydroxylation is 2. The molecule has 8 heteroatoms. The van der Waals surface area contributed by atoms with E-state index in [9.17, 15) is 19.2 Å². The summed E-state index contributed by atoms with van der Waals surface area (Å²) < 4.78 is 0. The monoisotopic (exact) mass is 486 g/mol. The van der Waals surface area contributed by atoms with Crippen LogP contribution >= 0.6 is 22.7 Å². The first-order valence-corrected chi connectivity index (χ1v) is 12.3. The number of amides is 4. The highest BCUT2D eigenvalue weighted by Crippen LogP contribution is 2.47. The lowest BCUT2D eigenvalue weighted by Gasteiger charge is -2.32. The quantitative estimate of drug-likeness (QED) is 0.357. The molecule has 0 bridgehead atoms. The van der Waals surface area contributed by atoms with E-state index in [2.05, 4.69) is 0 Å². The van der Waals surface area contributed by atoms with E-state index in [0.717, 1.165) is 29.3 Å². The maximum Gasteiger partial charge on any atom is 0.261 e. The zero-order valence-electron chi connectivity index (χ0n) is 18.8. The zero-order valence-corrected chi connectivity index (χ0v) is 20.4. The van der Waals surface area contributed by atoms with Gasteiger partial charge in [-0.15, -0.1) is 22.7 Å². The molecule has 4 heterocycles. The van der Waals surface area contributed by atoms with E-state index < -0.39 is 23.6 Å². The van der Waals surface area contributed by atoms with Gasteiger partial charge in [-0.25, -0.2) is 0 Å². The highest BCUT2D eigenvalue weighted by Gasteiger charge is 2.41. The standard InChI is InChI=1S/C26H18N2O4S2/c1-11-5-7-17(33-11)13-9-15-20-19-16(24(30)27(3)25(31)21(13)19)10-14(18-8-6-12(2)34-18)22(20)26(32)28(4)23(15)29/h5-10H,1-4H3. The van der Waals surface area contributed by atoms with E-state index >= 15 is 0 Å². The molecule has 0 N–H and O–H groups in total. The molecule has 0 aliphatic carbocycles. The number of hydrogen-bond acceptors (Lipinski definition) is 6. The van der Waals surface area contributed by atoms with Gasteiger partial charge in [0, 0.05) is 66.6 Å². The van der Waals surface area contributed by atoms with Crippen LogP contribution in [-0.2, 0) is 0 Å². The van der Waals surface area contributed by atoms with Crippen molar-refractivity contribution in [2.24, 2.45) is 0 Å². The largest absolute Gasteiger partial charge is 0.277 e. The topological polar surface area (TPSA) is 74.8 Å². The average Bonchev–Trinajstić information content (AvgIpc) is 3.45. The number of benzene rings is 2. The van der Waals surface area contributed by atoms with Gasteiger partial charge in [0.1, 0.15) is 0 Å². The number of rotatable bonds is 2. The van der Waals surface area contributed by atoms with E-state index in [1.807, 2.05) is 38.1 Å². The number of carbonyl (C=O) groups is 4. The molecule has 0 spiro atoms. The highest BCUT2D eigenvalue weighted by molar-refractivity contribution is 7.15. The normalized spacial score (nSPS) is 15.2. The fourth-order valence-electron chi connectivity index (χ4n) is 4.85. The van der Waals surface area contributed by atoms with Crippen LogP contribution in [0.5, 0.6) is 0 Å². The second-order valence-corrected chi connectivity index (χ2v) is 11.2. The lowest BCUT2D eigenvalue weighted by atomic mass is 9.81. The maximum absolute atomic E-state index is 13.5. The fourth-order valence-corrected chi connectivity index (χ4v) is 6.63. The predicted molar refractivity (Wildman–Crippen MR) is 133 cm³/mol. The van der Waals surface area contributed by atoms with Crippen molar-refractivity contribution < 1.29 is 19.2 Å². The van der Waals surface area contributed by atoms with Gasteiger partial charge in [0.25, 0.3) is 23.6 Å². The van der Waals surface area contributed by atoms with Crippen LogP contribution in [0.4, 0.5) is 0 Å².